The Morgan fingerprint density at radius 1 is 1.56 bits per heavy atom. The Hall–Kier alpha value is -0.580. The number of halogens is 1. The molecule has 1 aliphatic rings. The summed E-state index contributed by atoms with van der Waals surface area (Å²) in [5.74, 6) is 0. The number of morpholine rings is 1. The minimum Gasteiger partial charge on any atom is -0.377 e. The molecule has 0 amide bonds. The van der Waals surface area contributed by atoms with E-state index < -0.39 is 0 Å². The van der Waals surface area contributed by atoms with Crippen LogP contribution in [0, 0.1) is 0 Å². The van der Waals surface area contributed by atoms with Crippen LogP contribution >= 0.6 is 15.9 Å². The van der Waals surface area contributed by atoms with Crippen molar-refractivity contribution in [2.24, 2.45) is 5.73 Å². The molecule has 1 aromatic rings. The Bertz CT molecular complexity index is 409. The molecule has 1 aromatic carbocycles. The lowest BCUT2D eigenvalue weighted by atomic mass is 10.1. The Morgan fingerprint density at radius 2 is 2.33 bits per heavy atom. The van der Waals surface area contributed by atoms with E-state index in [1.807, 2.05) is 6.92 Å². The maximum absolute atomic E-state index is 5.93. The van der Waals surface area contributed by atoms with Gasteiger partial charge in [-0.2, -0.15) is 0 Å². The van der Waals surface area contributed by atoms with Gasteiger partial charge in [0.15, 0.2) is 0 Å². The summed E-state index contributed by atoms with van der Waals surface area (Å²) >= 11 is 3.62. The van der Waals surface area contributed by atoms with Crippen LogP contribution in [0.1, 0.15) is 31.9 Å². The van der Waals surface area contributed by atoms with E-state index in [1.54, 1.807) is 0 Å². The molecule has 2 rings (SSSR count). The molecule has 3 nitrogen and oxygen atoms in total. The van der Waals surface area contributed by atoms with Gasteiger partial charge in [-0.25, -0.2) is 0 Å². The van der Waals surface area contributed by atoms with E-state index in [9.17, 15) is 0 Å². The van der Waals surface area contributed by atoms with Gasteiger partial charge in [-0.3, -0.25) is 0 Å². The second kappa shape index (κ2) is 6.04. The number of rotatable bonds is 3. The van der Waals surface area contributed by atoms with Crippen LogP contribution in [0.4, 0.5) is 5.69 Å². The molecule has 1 saturated heterocycles. The van der Waals surface area contributed by atoms with Crippen molar-refractivity contribution in [2.75, 3.05) is 24.7 Å². The van der Waals surface area contributed by atoms with Crippen LogP contribution in [0.2, 0.25) is 0 Å². The predicted molar refractivity (Wildman–Crippen MR) is 79.0 cm³/mol. The van der Waals surface area contributed by atoms with Gasteiger partial charge in [0, 0.05) is 22.7 Å². The summed E-state index contributed by atoms with van der Waals surface area (Å²) in [6.07, 6.45) is 1.10. The Balaban J connectivity index is 2.24. The topological polar surface area (TPSA) is 38.5 Å². The lowest BCUT2D eigenvalue weighted by Gasteiger charge is -2.37. The SMILES string of the molecule is CCC1COCCN1c1ccc(C(C)N)c(Br)c1. The average Bonchev–Trinajstić information content (AvgIpc) is 2.38. The summed E-state index contributed by atoms with van der Waals surface area (Å²) in [6, 6.07) is 6.99. The number of hydrogen-bond donors (Lipinski definition) is 1. The van der Waals surface area contributed by atoms with E-state index in [2.05, 4.69) is 46.0 Å². The van der Waals surface area contributed by atoms with Gasteiger partial charge in [0.2, 0.25) is 0 Å². The first-order chi connectivity index (χ1) is 8.63. The fourth-order valence-corrected chi connectivity index (χ4v) is 3.12. The lowest BCUT2D eigenvalue weighted by Crippen LogP contribution is -2.45. The van der Waals surface area contributed by atoms with Crippen molar-refractivity contribution in [1.29, 1.82) is 0 Å². The Morgan fingerprint density at radius 3 is 2.94 bits per heavy atom. The van der Waals surface area contributed by atoms with E-state index in [4.69, 9.17) is 10.5 Å². The molecular formula is C14H21BrN2O. The number of benzene rings is 1. The normalized spacial score (nSPS) is 22.0. The second-order valence-corrected chi connectivity index (χ2v) is 5.68. The Kier molecular flexibility index (Phi) is 4.65. The van der Waals surface area contributed by atoms with Crippen LogP contribution in [-0.4, -0.2) is 25.8 Å². The molecule has 2 N–H and O–H groups in total. The number of ether oxygens (including phenoxy) is 1. The average molecular weight is 313 g/mol. The second-order valence-electron chi connectivity index (χ2n) is 4.82. The van der Waals surface area contributed by atoms with Crippen LogP contribution in [-0.2, 0) is 4.74 Å². The van der Waals surface area contributed by atoms with E-state index >= 15 is 0 Å². The van der Waals surface area contributed by atoms with Crippen molar-refractivity contribution in [3.05, 3.63) is 28.2 Å². The van der Waals surface area contributed by atoms with E-state index in [1.165, 1.54) is 5.69 Å². The summed E-state index contributed by atoms with van der Waals surface area (Å²) in [5.41, 5.74) is 8.34. The van der Waals surface area contributed by atoms with Gasteiger partial charge < -0.3 is 15.4 Å². The van der Waals surface area contributed by atoms with Crippen molar-refractivity contribution >= 4 is 21.6 Å². The molecule has 0 radical (unpaired) electrons. The number of hydrogen-bond acceptors (Lipinski definition) is 3. The highest BCUT2D eigenvalue weighted by Gasteiger charge is 2.22. The van der Waals surface area contributed by atoms with Gasteiger partial charge >= 0.3 is 0 Å². The molecule has 2 unspecified atom stereocenters. The van der Waals surface area contributed by atoms with Crippen LogP contribution in [0.25, 0.3) is 0 Å². The van der Waals surface area contributed by atoms with Gasteiger partial charge in [-0.05, 0) is 31.0 Å². The third-order valence-electron chi connectivity index (χ3n) is 3.51. The van der Waals surface area contributed by atoms with Gasteiger partial charge in [-0.1, -0.05) is 28.9 Å². The van der Waals surface area contributed by atoms with Crippen LogP contribution < -0.4 is 10.6 Å². The highest BCUT2D eigenvalue weighted by Crippen LogP contribution is 2.29. The molecule has 2 atom stereocenters. The summed E-state index contributed by atoms with van der Waals surface area (Å²) in [5, 5.41) is 0. The van der Waals surface area contributed by atoms with Gasteiger partial charge in [0.1, 0.15) is 0 Å². The van der Waals surface area contributed by atoms with Crippen molar-refractivity contribution in [1.82, 2.24) is 0 Å². The molecule has 1 aliphatic heterocycles. The van der Waals surface area contributed by atoms with Crippen molar-refractivity contribution in [2.45, 2.75) is 32.4 Å². The monoisotopic (exact) mass is 312 g/mol. The summed E-state index contributed by atoms with van der Waals surface area (Å²) < 4.78 is 6.64. The largest absolute Gasteiger partial charge is 0.377 e. The first-order valence-electron chi connectivity index (χ1n) is 6.53. The lowest BCUT2D eigenvalue weighted by molar-refractivity contribution is 0.0930. The smallest absolute Gasteiger partial charge is 0.0670 e. The molecule has 0 spiro atoms. The fraction of sp³-hybridized carbons (Fsp3) is 0.571. The first-order valence-corrected chi connectivity index (χ1v) is 7.32. The molecule has 4 heteroatoms. The Labute approximate surface area is 117 Å². The zero-order valence-corrected chi connectivity index (χ0v) is 12.6. The van der Waals surface area contributed by atoms with Gasteiger partial charge in [0.05, 0.1) is 19.3 Å². The standard InChI is InChI=1S/C14H21BrN2O/c1-3-11-9-18-7-6-17(11)12-4-5-13(10(2)16)14(15)8-12/h4-5,8,10-11H,3,6-7,9,16H2,1-2H3. The van der Waals surface area contributed by atoms with Crippen molar-refractivity contribution in [3.8, 4) is 0 Å². The molecule has 0 bridgehead atoms. The minimum atomic E-state index is 0.0556. The van der Waals surface area contributed by atoms with Crippen molar-refractivity contribution < 1.29 is 4.74 Å². The van der Waals surface area contributed by atoms with E-state index in [0.717, 1.165) is 36.2 Å². The third-order valence-corrected chi connectivity index (χ3v) is 4.19. The molecule has 1 fully saturated rings. The molecule has 0 aromatic heterocycles. The highest BCUT2D eigenvalue weighted by atomic mass is 79.9. The van der Waals surface area contributed by atoms with Gasteiger partial charge in [0.25, 0.3) is 0 Å². The molecule has 0 aliphatic carbocycles. The summed E-state index contributed by atoms with van der Waals surface area (Å²) in [4.78, 5) is 2.43. The molecule has 1 heterocycles. The number of nitrogens with zero attached hydrogens (tertiary/aromatic N) is 1. The maximum Gasteiger partial charge on any atom is 0.0670 e. The molecular weight excluding hydrogens is 292 g/mol. The quantitative estimate of drug-likeness (QED) is 0.932. The molecule has 0 saturated carbocycles. The minimum absolute atomic E-state index is 0.0556. The molecule has 18 heavy (non-hydrogen) atoms. The van der Waals surface area contributed by atoms with E-state index in [0.29, 0.717) is 6.04 Å². The summed E-state index contributed by atoms with van der Waals surface area (Å²) in [6.45, 7) is 6.80. The predicted octanol–water partition coefficient (Wildman–Crippen LogP) is 3.08. The van der Waals surface area contributed by atoms with Crippen LogP contribution in [0.15, 0.2) is 22.7 Å². The fourth-order valence-electron chi connectivity index (χ4n) is 2.40. The first kappa shape index (κ1) is 13.8. The number of anilines is 1. The van der Waals surface area contributed by atoms with Gasteiger partial charge in [-0.15, -0.1) is 0 Å². The highest BCUT2D eigenvalue weighted by molar-refractivity contribution is 9.10. The zero-order valence-electron chi connectivity index (χ0n) is 11.0. The summed E-state index contributed by atoms with van der Waals surface area (Å²) in [7, 11) is 0. The maximum atomic E-state index is 5.93. The zero-order chi connectivity index (χ0) is 13.1. The van der Waals surface area contributed by atoms with Crippen LogP contribution in [0.5, 0.6) is 0 Å². The van der Waals surface area contributed by atoms with E-state index in [-0.39, 0.29) is 6.04 Å². The molecule has 100 valence electrons. The third kappa shape index (κ3) is 2.87. The number of nitrogens with two attached hydrogens (primary N) is 1. The van der Waals surface area contributed by atoms with Crippen molar-refractivity contribution in [3.63, 3.8) is 0 Å². The van der Waals surface area contributed by atoms with Crippen LogP contribution in [0.3, 0.4) is 0 Å².